The van der Waals surface area contributed by atoms with Crippen molar-refractivity contribution in [1.82, 2.24) is 10.6 Å². The monoisotopic (exact) mass is 230 g/mol. The molecule has 1 unspecified atom stereocenters. The predicted molar refractivity (Wildman–Crippen MR) is 62.0 cm³/mol. The Morgan fingerprint density at radius 2 is 1.88 bits per heavy atom. The van der Waals surface area contributed by atoms with Gasteiger partial charge in [0.25, 0.3) is 0 Å². The minimum Gasteiger partial charge on any atom is -0.465 e. The molecule has 2 N–H and O–H groups in total. The first-order valence-corrected chi connectivity index (χ1v) is 5.47. The molecule has 0 aliphatic carbocycles. The van der Waals surface area contributed by atoms with Crippen LogP contribution in [0.25, 0.3) is 0 Å². The van der Waals surface area contributed by atoms with Gasteiger partial charge < -0.3 is 10.1 Å². The summed E-state index contributed by atoms with van der Waals surface area (Å²) in [5.74, 6) is -0.477. The van der Waals surface area contributed by atoms with Crippen molar-refractivity contribution in [2.75, 3.05) is 13.2 Å². The van der Waals surface area contributed by atoms with Gasteiger partial charge in [-0.15, -0.1) is 0 Å². The van der Waals surface area contributed by atoms with Crippen molar-refractivity contribution in [3.63, 3.8) is 0 Å². The van der Waals surface area contributed by atoms with E-state index < -0.39 is 6.04 Å². The topological polar surface area (TPSA) is 67.4 Å². The molecule has 5 heteroatoms. The molecule has 0 bridgehead atoms. The van der Waals surface area contributed by atoms with Crippen molar-refractivity contribution >= 4 is 11.9 Å². The third kappa shape index (κ3) is 7.23. The molecule has 0 radical (unpaired) electrons. The average molecular weight is 230 g/mol. The molecule has 5 nitrogen and oxygen atoms in total. The highest BCUT2D eigenvalue weighted by atomic mass is 16.5. The second kappa shape index (κ2) is 6.48. The Balaban J connectivity index is 3.93. The normalized spacial score (nSPS) is 13.1. The fraction of sp³-hybridized carbons (Fsp3) is 0.818. The summed E-state index contributed by atoms with van der Waals surface area (Å²) in [7, 11) is 0. The van der Waals surface area contributed by atoms with Crippen LogP contribution in [0.5, 0.6) is 0 Å². The number of esters is 1. The summed E-state index contributed by atoms with van der Waals surface area (Å²) in [6.07, 6.45) is 0. The van der Waals surface area contributed by atoms with Crippen molar-refractivity contribution < 1.29 is 14.3 Å². The molecule has 0 aromatic rings. The van der Waals surface area contributed by atoms with E-state index in [1.165, 1.54) is 0 Å². The molecular formula is C11H22N2O3. The lowest BCUT2D eigenvalue weighted by Crippen LogP contribution is -2.50. The minimum absolute atomic E-state index is 0.0482. The second-order valence-corrected chi connectivity index (χ2v) is 4.65. The molecule has 0 aromatic carbocycles. The number of hydrogen-bond donors (Lipinski definition) is 2. The van der Waals surface area contributed by atoms with Gasteiger partial charge in [0.15, 0.2) is 0 Å². The molecule has 0 aliphatic rings. The lowest BCUT2D eigenvalue weighted by Gasteiger charge is -2.23. The Morgan fingerprint density at radius 1 is 1.31 bits per heavy atom. The predicted octanol–water partition coefficient (Wildman–Crippen LogP) is 0.442. The number of hydrogen-bond acceptors (Lipinski definition) is 4. The maximum Gasteiger partial charge on any atom is 0.319 e. The standard InChI is InChI=1S/C11H22N2O3/c1-6-16-9(14)7-12-8(2)10(15)13-11(3,4)5/h8,12H,6-7H2,1-5H3,(H,13,15). The zero-order chi connectivity index (χ0) is 12.8. The van der Waals surface area contributed by atoms with Gasteiger partial charge in [0.2, 0.25) is 5.91 Å². The Kier molecular flexibility index (Phi) is 6.03. The van der Waals surface area contributed by atoms with E-state index in [0.717, 1.165) is 0 Å². The highest BCUT2D eigenvalue weighted by Gasteiger charge is 2.19. The van der Waals surface area contributed by atoms with Crippen LogP contribution in [0.1, 0.15) is 34.6 Å². The molecule has 0 saturated heterocycles. The van der Waals surface area contributed by atoms with Gasteiger partial charge in [-0.05, 0) is 34.6 Å². The van der Waals surface area contributed by atoms with Crippen LogP contribution in [-0.4, -0.2) is 36.6 Å². The largest absolute Gasteiger partial charge is 0.465 e. The van der Waals surface area contributed by atoms with Crippen molar-refractivity contribution in [2.24, 2.45) is 0 Å². The Hall–Kier alpha value is -1.10. The first-order valence-electron chi connectivity index (χ1n) is 5.47. The average Bonchev–Trinajstić information content (AvgIpc) is 2.11. The number of carbonyl (C=O) groups excluding carboxylic acids is 2. The lowest BCUT2D eigenvalue weighted by atomic mass is 10.1. The van der Waals surface area contributed by atoms with E-state index >= 15 is 0 Å². The summed E-state index contributed by atoms with van der Waals surface area (Å²) in [6, 6.07) is -0.413. The molecule has 0 heterocycles. The Bertz CT molecular complexity index is 246. The molecule has 0 aliphatic heterocycles. The highest BCUT2D eigenvalue weighted by molar-refractivity contribution is 5.82. The van der Waals surface area contributed by atoms with Gasteiger partial charge in [-0.2, -0.15) is 0 Å². The maximum absolute atomic E-state index is 11.6. The third-order valence-corrected chi connectivity index (χ3v) is 1.75. The van der Waals surface area contributed by atoms with E-state index in [4.69, 9.17) is 4.74 Å². The van der Waals surface area contributed by atoms with Gasteiger partial charge in [-0.25, -0.2) is 0 Å². The first-order chi connectivity index (χ1) is 7.26. The number of ether oxygens (including phenoxy) is 1. The fourth-order valence-electron chi connectivity index (χ4n) is 1.02. The molecule has 94 valence electrons. The van der Waals surface area contributed by atoms with Crippen LogP contribution in [0.2, 0.25) is 0 Å². The van der Waals surface area contributed by atoms with Crippen LogP contribution in [0, 0.1) is 0 Å². The molecule has 16 heavy (non-hydrogen) atoms. The molecule has 1 atom stereocenters. The van der Waals surface area contributed by atoms with E-state index in [9.17, 15) is 9.59 Å². The SMILES string of the molecule is CCOC(=O)CNC(C)C(=O)NC(C)(C)C. The highest BCUT2D eigenvalue weighted by Crippen LogP contribution is 1.99. The number of carbonyl (C=O) groups is 2. The number of amides is 1. The summed E-state index contributed by atoms with van der Waals surface area (Å²) < 4.78 is 4.74. The molecule has 0 rings (SSSR count). The molecular weight excluding hydrogens is 208 g/mol. The van der Waals surface area contributed by atoms with Crippen LogP contribution in [0.15, 0.2) is 0 Å². The van der Waals surface area contributed by atoms with E-state index in [2.05, 4.69) is 10.6 Å². The quantitative estimate of drug-likeness (QED) is 0.673. The second-order valence-electron chi connectivity index (χ2n) is 4.65. The van der Waals surface area contributed by atoms with E-state index in [0.29, 0.717) is 6.61 Å². The van der Waals surface area contributed by atoms with Gasteiger partial charge in [0.05, 0.1) is 19.2 Å². The maximum atomic E-state index is 11.6. The van der Waals surface area contributed by atoms with E-state index in [1.54, 1.807) is 13.8 Å². The van der Waals surface area contributed by atoms with E-state index in [1.807, 2.05) is 20.8 Å². The molecule has 0 aromatic heterocycles. The van der Waals surface area contributed by atoms with Crippen molar-refractivity contribution in [2.45, 2.75) is 46.2 Å². The molecule has 0 saturated carbocycles. The van der Waals surface area contributed by atoms with Crippen LogP contribution >= 0.6 is 0 Å². The van der Waals surface area contributed by atoms with Crippen LogP contribution in [0.3, 0.4) is 0 Å². The van der Waals surface area contributed by atoms with Gasteiger partial charge in [-0.3, -0.25) is 14.9 Å². The van der Waals surface area contributed by atoms with Crippen molar-refractivity contribution in [1.29, 1.82) is 0 Å². The fourth-order valence-corrected chi connectivity index (χ4v) is 1.02. The smallest absolute Gasteiger partial charge is 0.319 e. The first kappa shape index (κ1) is 14.9. The summed E-state index contributed by atoms with van der Waals surface area (Å²) in [5.41, 5.74) is -0.267. The van der Waals surface area contributed by atoms with E-state index in [-0.39, 0.29) is 24.0 Å². The van der Waals surface area contributed by atoms with Gasteiger partial charge in [0.1, 0.15) is 0 Å². The lowest BCUT2D eigenvalue weighted by molar-refractivity contribution is -0.142. The van der Waals surface area contributed by atoms with Gasteiger partial charge >= 0.3 is 5.97 Å². The van der Waals surface area contributed by atoms with Crippen LogP contribution in [0.4, 0.5) is 0 Å². The summed E-state index contributed by atoms with van der Waals surface area (Å²) in [4.78, 5) is 22.6. The molecule has 0 spiro atoms. The Labute approximate surface area is 96.9 Å². The summed E-state index contributed by atoms with van der Waals surface area (Å²) >= 11 is 0. The summed E-state index contributed by atoms with van der Waals surface area (Å²) in [6.45, 7) is 9.57. The zero-order valence-electron chi connectivity index (χ0n) is 10.7. The Morgan fingerprint density at radius 3 is 2.31 bits per heavy atom. The van der Waals surface area contributed by atoms with Crippen molar-refractivity contribution in [3.8, 4) is 0 Å². The van der Waals surface area contributed by atoms with Crippen LogP contribution < -0.4 is 10.6 Å². The molecule has 1 amide bonds. The molecule has 0 fully saturated rings. The van der Waals surface area contributed by atoms with Crippen LogP contribution in [-0.2, 0) is 14.3 Å². The summed E-state index contributed by atoms with van der Waals surface area (Å²) in [5, 5.41) is 5.62. The van der Waals surface area contributed by atoms with Gasteiger partial charge in [-0.1, -0.05) is 0 Å². The third-order valence-electron chi connectivity index (χ3n) is 1.75. The zero-order valence-corrected chi connectivity index (χ0v) is 10.7. The minimum atomic E-state index is -0.413. The number of rotatable bonds is 5. The van der Waals surface area contributed by atoms with Gasteiger partial charge in [0, 0.05) is 5.54 Å². The van der Waals surface area contributed by atoms with Crippen molar-refractivity contribution in [3.05, 3.63) is 0 Å². The number of nitrogens with one attached hydrogen (secondary N) is 2.